The van der Waals surface area contributed by atoms with Crippen LogP contribution in [0.5, 0.6) is 0 Å². The zero-order chi connectivity index (χ0) is 18.5. The zero-order valence-electron chi connectivity index (χ0n) is 15.3. The molecule has 3 rings (SSSR count). The molecule has 0 saturated heterocycles. The van der Waals surface area contributed by atoms with Gasteiger partial charge in [0.2, 0.25) is 5.43 Å². The third kappa shape index (κ3) is 3.85. The predicted molar refractivity (Wildman–Crippen MR) is 107 cm³/mol. The smallest absolute Gasteiger partial charge is 0.261 e. The highest BCUT2D eigenvalue weighted by Crippen LogP contribution is 2.15. The van der Waals surface area contributed by atoms with E-state index in [0.717, 1.165) is 17.5 Å². The molecule has 1 amide bonds. The summed E-state index contributed by atoms with van der Waals surface area (Å²) in [6.45, 7) is 4.12. The molecule has 0 bridgehead atoms. The standard InChI is InChI=1S/C22H24N2O2/c1-3-4-5-8-16-10-12-17(13-11-16)24-22(26)19-14-23-20-15(2)7-6-9-18(20)21(19)25/h6-7,9-14H,3-5,8H2,1-2H3,(H,23,25)(H,24,26). The highest BCUT2D eigenvalue weighted by molar-refractivity contribution is 6.05. The first-order chi connectivity index (χ1) is 12.6. The Bertz CT molecular complexity index is 972. The predicted octanol–water partition coefficient (Wildman–Crippen LogP) is 4.82. The fraction of sp³-hybridized carbons (Fsp3) is 0.273. The van der Waals surface area contributed by atoms with E-state index < -0.39 is 5.91 Å². The van der Waals surface area contributed by atoms with Crippen molar-refractivity contribution in [2.75, 3.05) is 5.32 Å². The van der Waals surface area contributed by atoms with Gasteiger partial charge < -0.3 is 10.3 Å². The third-order valence-electron chi connectivity index (χ3n) is 4.65. The summed E-state index contributed by atoms with van der Waals surface area (Å²) in [4.78, 5) is 28.2. The number of carbonyl (C=O) groups is 1. The number of aromatic amines is 1. The Balaban J connectivity index is 1.77. The minimum absolute atomic E-state index is 0.120. The molecule has 2 N–H and O–H groups in total. The number of anilines is 1. The monoisotopic (exact) mass is 348 g/mol. The van der Waals surface area contributed by atoms with E-state index >= 15 is 0 Å². The Labute approximate surface area is 153 Å². The van der Waals surface area contributed by atoms with E-state index in [1.165, 1.54) is 31.0 Å². The molecule has 0 spiro atoms. The van der Waals surface area contributed by atoms with Crippen LogP contribution in [0.25, 0.3) is 10.9 Å². The Morgan fingerprint density at radius 1 is 1.08 bits per heavy atom. The molecule has 0 radical (unpaired) electrons. The normalized spacial score (nSPS) is 10.8. The van der Waals surface area contributed by atoms with Crippen LogP contribution in [0, 0.1) is 6.92 Å². The van der Waals surface area contributed by atoms with Crippen molar-refractivity contribution in [2.24, 2.45) is 0 Å². The van der Waals surface area contributed by atoms with Gasteiger partial charge in [-0.3, -0.25) is 9.59 Å². The number of para-hydroxylation sites is 1. The van der Waals surface area contributed by atoms with Gasteiger partial charge in [0.05, 0.1) is 5.52 Å². The molecule has 3 aromatic rings. The van der Waals surface area contributed by atoms with Gasteiger partial charge >= 0.3 is 0 Å². The number of nitrogens with one attached hydrogen (secondary N) is 2. The third-order valence-corrected chi connectivity index (χ3v) is 4.65. The highest BCUT2D eigenvalue weighted by Gasteiger charge is 2.13. The van der Waals surface area contributed by atoms with Gasteiger partial charge in [0, 0.05) is 17.3 Å². The second kappa shape index (κ2) is 8.00. The van der Waals surface area contributed by atoms with Crippen LogP contribution in [0.15, 0.2) is 53.5 Å². The summed E-state index contributed by atoms with van der Waals surface area (Å²) < 4.78 is 0. The summed E-state index contributed by atoms with van der Waals surface area (Å²) in [6, 6.07) is 13.3. The van der Waals surface area contributed by atoms with E-state index in [4.69, 9.17) is 0 Å². The molecule has 0 atom stereocenters. The first-order valence-corrected chi connectivity index (χ1v) is 9.11. The number of aryl methyl sites for hydroxylation is 2. The first kappa shape index (κ1) is 17.9. The van der Waals surface area contributed by atoms with Gasteiger partial charge in [-0.15, -0.1) is 0 Å². The first-order valence-electron chi connectivity index (χ1n) is 9.11. The molecule has 0 fully saturated rings. The molecule has 134 valence electrons. The summed E-state index contributed by atoms with van der Waals surface area (Å²) in [5.74, 6) is -0.395. The maximum atomic E-state index is 12.6. The van der Waals surface area contributed by atoms with E-state index in [1.807, 2.05) is 43.3 Å². The Morgan fingerprint density at radius 3 is 2.58 bits per heavy atom. The van der Waals surface area contributed by atoms with Crippen molar-refractivity contribution in [1.29, 1.82) is 0 Å². The molecular formula is C22H24N2O2. The van der Waals surface area contributed by atoms with Crippen LogP contribution in [0.2, 0.25) is 0 Å². The fourth-order valence-corrected chi connectivity index (χ4v) is 3.10. The molecular weight excluding hydrogens is 324 g/mol. The van der Waals surface area contributed by atoms with E-state index in [1.54, 1.807) is 6.07 Å². The number of benzene rings is 2. The number of hydrogen-bond acceptors (Lipinski definition) is 2. The summed E-state index contributed by atoms with van der Waals surface area (Å²) in [5.41, 5.74) is 3.57. The average Bonchev–Trinajstić information content (AvgIpc) is 2.64. The quantitative estimate of drug-likeness (QED) is 0.627. The Kier molecular flexibility index (Phi) is 5.52. The maximum Gasteiger partial charge on any atom is 0.261 e. The molecule has 0 unspecified atom stereocenters. The molecule has 1 heterocycles. The number of fused-ring (bicyclic) bond motifs is 1. The van der Waals surface area contributed by atoms with Crippen LogP contribution in [0.3, 0.4) is 0 Å². The van der Waals surface area contributed by atoms with Crippen LogP contribution < -0.4 is 10.7 Å². The lowest BCUT2D eigenvalue weighted by Crippen LogP contribution is -2.22. The average molecular weight is 348 g/mol. The fourth-order valence-electron chi connectivity index (χ4n) is 3.10. The van der Waals surface area contributed by atoms with E-state index in [-0.39, 0.29) is 11.0 Å². The number of unbranched alkanes of at least 4 members (excludes halogenated alkanes) is 2. The van der Waals surface area contributed by atoms with Crippen molar-refractivity contribution in [3.63, 3.8) is 0 Å². The molecule has 0 aliphatic heterocycles. The molecule has 2 aromatic carbocycles. The molecule has 4 nitrogen and oxygen atoms in total. The zero-order valence-corrected chi connectivity index (χ0v) is 15.3. The van der Waals surface area contributed by atoms with Crippen molar-refractivity contribution >= 4 is 22.5 Å². The van der Waals surface area contributed by atoms with Gasteiger partial charge in [0.15, 0.2) is 0 Å². The van der Waals surface area contributed by atoms with Crippen LogP contribution in [-0.4, -0.2) is 10.9 Å². The highest BCUT2D eigenvalue weighted by atomic mass is 16.2. The van der Waals surface area contributed by atoms with Crippen molar-refractivity contribution < 1.29 is 4.79 Å². The van der Waals surface area contributed by atoms with Gasteiger partial charge in [-0.05, 0) is 49.1 Å². The number of hydrogen-bond donors (Lipinski definition) is 2. The molecule has 1 aromatic heterocycles. The summed E-state index contributed by atoms with van der Waals surface area (Å²) in [7, 11) is 0. The van der Waals surface area contributed by atoms with Crippen molar-refractivity contribution in [3.8, 4) is 0 Å². The number of pyridine rings is 1. The second-order valence-electron chi connectivity index (χ2n) is 6.64. The number of aromatic nitrogens is 1. The van der Waals surface area contributed by atoms with E-state index in [0.29, 0.717) is 11.1 Å². The van der Waals surface area contributed by atoms with Gasteiger partial charge in [0.1, 0.15) is 5.56 Å². The maximum absolute atomic E-state index is 12.6. The second-order valence-corrected chi connectivity index (χ2v) is 6.64. The lowest BCUT2D eigenvalue weighted by atomic mass is 10.1. The molecule has 0 aliphatic carbocycles. The van der Waals surface area contributed by atoms with Crippen LogP contribution in [-0.2, 0) is 6.42 Å². The summed E-state index contributed by atoms with van der Waals surface area (Å²) in [6.07, 6.45) is 6.14. The number of amides is 1. The molecule has 0 aliphatic rings. The largest absolute Gasteiger partial charge is 0.360 e. The van der Waals surface area contributed by atoms with Gasteiger partial charge in [-0.25, -0.2) is 0 Å². The van der Waals surface area contributed by atoms with E-state index in [2.05, 4.69) is 17.2 Å². The van der Waals surface area contributed by atoms with Crippen LogP contribution in [0.1, 0.15) is 47.7 Å². The number of carbonyl (C=O) groups excluding carboxylic acids is 1. The topological polar surface area (TPSA) is 62.0 Å². The Morgan fingerprint density at radius 2 is 1.85 bits per heavy atom. The van der Waals surface area contributed by atoms with Crippen molar-refractivity contribution in [3.05, 3.63) is 75.6 Å². The SMILES string of the molecule is CCCCCc1ccc(NC(=O)c2c[nH]c3c(C)cccc3c2=O)cc1. The Hall–Kier alpha value is -2.88. The van der Waals surface area contributed by atoms with Gasteiger partial charge in [-0.2, -0.15) is 0 Å². The molecule has 0 saturated carbocycles. The minimum atomic E-state index is -0.395. The number of rotatable bonds is 6. The summed E-state index contributed by atoms with van der Waals surface area (Å²) >= 11 is 0. The van der Waals surface area contributed by atoms with E-state index in [9.17, 15) is 9.59 Å². The van der Waals surface area contributed by atoms with Crippen molar-refractivity contribution in [1.82, 2.24) is 4.98 Å². The summed E-state index contributed by atoms with van der Waals surface area (Å²) in [5, 5.41) is 3.35. The molecule has 4 heteroatoms. The molecule has 26 heavy (non-hydrogen) atoms. The lowest BCUT2D eigenvalue weighted by molar-refractivity contribution is 0.102. The number of H-pyrrole nitrogens is 1. The van der Waals surface area contributed by atoms with Crippen LogP contribution >= 0.6 is 0 Å². The minimum Gasteiger partial charge on any atom is -0.360 e. The van der Waals surface area contributed by atoms with Gasteiger partial charge in [-0.1, -0.05) is 44.0 Å². The van der Waals surface area contributed by atoms with Crippen LogP contribution in [0.4, 0.5) is 5.69 Å². The lowest BCUT2D eigenvalue weighted by Gasteiger charge is -2.08. The van der Waals surface area contributed by atoms with Gasteiger partial charge in [0.25, 0.3) is 5.91 Å². The van der Waals surface area contributed by atoms with Crippen molar-refractivity contribution in [2.45, 2.75) is 39.5 Å².